The van der Waals surface area contributed by atoms with E-state index in [2.05, 4.69) is 5.32 Å². The van der Waals surface area contributed by atoms with Crippen molar-refractivity contribution in [1.82, 2.24) is 10.2 Å². The summed E-state index contributed by atoms with van der Waals surface area (Å²) < 4.78 is 26.7. The Hall–Kier alpha value is -2.02. The summed E-state index contributed by atoms with van der Waals surface area (Å²) in [5.41, 5.74) is 0.437. The molecule has 1 aromatic carbocycles. The van der Waals surface area contributed by atoms with Crippen LogP contribution in [-0.4, -0.2) is 48.6 Å². The number of carbonyl (C=O) groups is 2. The van der Waals surface area contributed by atoms with Crippen molar-refractivity contribution >= 4 is 11.9 Å². The predicted octanol–water partition coefficient (Wildman–Crippen LogP) is 4.15. The van der Waals surface area contributed by atoms with E-state index in [9.17, 15) is 18.4 Å². The fourth-order valence-corrected chi connectivity index (χ4v) is 3.34. The van der Waals surface area contributed by atoms with Crippen LogP contribution in [0, 0.1) is 11.6 Å². The number of benzene rings is 1. The largest absolute Gasteiger partial charge is 0.481 e. The minimum atomic E-state index is -0.919. The molecule has 0 spiro atoms. The Balaban J connectivity index is 2.07. The molecule has 0 aliphatic rings. The zero-order chi connectivity index (χ0) is 21.6. The Labute approximate surface area is 172 Å². The number of nitrogens with one attached hydrogen (secondary N) is 1. The van der Waals surface area contributed by atoms with E-state index in [4.69, 9.17) is 5.11 Å². The zero-order valence-corrected chi connectivity index (χ0v) is 17.6. The summed E-state index contributed by atoms with van der Waals surface area (Å²) >= 11 is 0. The van der Waals surface area contributed by atoms with E-state index in [1.165, 1.54) is 6.07 Å². The van der Waals surface area contributed by atoms with Gasteiger partial charge >= 0.3 is 5.97 Å². The first-order chi connectivity index (χ1) is 13.8. The summed E-state index contributed by atoms with van der Waals surface area (Å²) in [4.78, 5) is 24.7. The van der Waals surface area contributed by atoms with Crippen LogP contribution in [0.2, 0.25) is 0 Å². The number of aliphatic carboxylic acids is 1. The molecule has 0 aromatic heterocycles. The Morgan fingerprint density at radius 1 is 1.03 bits per heavy atom. The number of hydrogen-bond acceptors (Lipinski definition) is 3. The molecular weight excluding hydrogens is 378 g/mol. The summed E-state index contributed by atoms with van der Waals surface area (Å²) in [7, 11) is 3.69. The van der Waals surface area contributed by atoms with Gasteiger partial charge in [-0.2, -0.15) is 0 Å². The normalized spacial score (nSPS) is 12.2. The molecule has 1 rings (SSSR count). The van der Waals surface area contributed by atoms with Crippen LogP contribution in [-0.2, 0) is 16.0 Å². The average Bonchev–Trinajstić information content (AvgIpc) is 2.62. The maximum Gasteiger partial charge on any atom is 0.305 e. The molecule has 0 bridgehead atoms. The van der Waals surface area contributed by atoms with Crippen molar-refractivity contribution in [3.8, 4) is 0 Å². The number of aryl methyl sites for hydroxylation is 1. The maximum absolute atomic E-state index is 13.5. The molecule has 1 atom stereocenters. The van der Waals surface area contributed by atoms with E-state index in [0.29, 0.717) is 24.9 Å². The van der Waals surface area contributed by atoms with Crippen molar-refractivity contribution < 1.29 is 23.5 Å². The third kappa shape index (κ3) is 11.5. The molecule has 0 fully saturated rings. The van der Waals surface area contributed by atoms with Gasteiger partial charge in [-0.05, 0) is 45.0 Å². The topological polar surface area (TPSA) is 69.6 Å². The standard InChI is InChI=1S/C22H34F2N2O3/c1-26(2)16-18(15-21(28)29)25-20(27)14-9-7-5-3-4-6-8-11-17-12-10-13-19(23)22(17)24/h10,12-13,18H,3-9,11,14-16H2,1-2H3,(H,25,27)(H,28,29)/t18-/m1/s1. The van der Waals surface area contributed by atoms with Gasteiger partial charge in [-0.3, -0.25) is 9.59 Å². The highest BCUT2D eigenvalue weighted by atomic mass is 19.2. The van der Waals surface area contributed by atoms with E-state index in [0.717, 1.165) is 51.0 Å². The molecule has 29 heavy (non-hydrogen) atoms. The highest BCUT2D eigenvalue weighted by Crippen LogP contribution is 2.15. The fraction of sp³-hybridized carbons (Fsp3) is 0.636. The number of amides is 1. The first kappa shape index (κ1) is 25.0. The van der Waals surface area contributed by atoms with Crippen LogP contribution in [0.25, 0.3) is 0 Å². The highest BCUT2D eigenvalue weighted by molar-refractivity contribution is 5.77. The van der Waals surface area contributed by atoms with Crippen molar-refractivity contribution in [1.29, 1.82) is 0 Å². The lowest BCUT2D eigenvalue weighted by molar-refractivity contribution is -0.137. The molecule has 0 saturated carbocycles. The number of likely N-dealkylation sites (N-methyl/N-ethyl adjacent to an activating group) is 1. The van der Waals surface area contributed by atoms with Crippen LogP contribution in [0.5, 0.6) is 0 Å². The van der Waals surface area contributed by atoms with Crippen molar-refractivity contribution in [3.05, 3.63) is 35.4 Å². The van der Waals surface area contributed by atoms with Crippen LogP contribution < -0.4 is 5.32 Å². The van der Waals surface area contributed by atoms with Gasteiger partial charge in [0.2, 0.25) is 5.91 Å². The predicted molar refractivity (Wildman–Crippen MR) is 110 cm³/mol. The minimum Gasteiger partial charge on any atom is -0.481 e. The lowest BCUT2D eigenvalue weighted by Gasteiger charge is -2.20. The van der Waals surface area contributed by atoms with Crippen molar-refractivity contribution in [2.75, 3.05) is 20.6 Å². The van der Waals surface area contributed by atoms with Gasteiger partial charge < -0.3 is 15.3 Å². The van der Waals surface area contributed by atoms with Crippen molar-refractivity contribution in [3.63, 3.8) is 0 Å². The number of halogens is 2. The fourth-order valence-electron chi connectivity index (χ4n) is 3.34. The second kappa shape index (κ2) is 14.0. The molecule has 0 heterocycles. The number of rotatable bonds is 15. The molecular formula is C22H34F2N2O3. The number of unbranched alkanes of at least 4 members (excludes halogenated alkanes) is 6. The lowest BCUT2D eigenvalue weighted by atomic mass is 10.0. The molecule has 0 aliphatic heterocycles. The molecule has 0 aliphatic carbocycles. The van der Waals surface area contributed by atoms with Crippen LogP contribution in [0.1, 0.15) is 63.4 Å². The zero-order valence-electron chi connectivity index (χ0n) is 17.6. The Bertz CT molecular complexity index is 638. The Kier molecular flexibility index (Phi) is 12.1. The number of nitrogens with zero attached hydrogens (tertiary/aromatic N) is 1. The van der Waals surface area contributed by atoms with Gasteiger partial charge in [-0.1, -0.05) is 44.2 Å². The maximum atomic E-state index is 13.5. The monoisotopic (exact) mass is 412 g/mol. The molecule has 7 heteroatoms. The summed E-state index contributed by atoms with van der Waals surface area (Å²) in [6.07, 6.45) is 7.52. The minimum absolute atomic E-state index is 0.0799. The first-order valence-electron chi connectivity index (χ1n) is 10.4. The van der Waals surface area contributed by atoms with Gasteiger partial charge in [0.25, 0.3) is 0 Å². The SMILES string of the molecule is CN(C)C[C@@H](CC(=O)O)NC(=O)CCCCCCCCCc1cccc(F)c1F. The first-order valence-corrected chi connectivity index (χ1v) is 10.4. The second-order valence-corrected chi connectivity index (χ2v) is 7.81. The van der Waals surface area contributed by atoms with Gasteiger partial charge in [0.1, 0.15) is 0 Å². The number of carbonyl (C=O) groups excluding carboxylic acids is 1. The lowest BCUT2D eigenvalue weighted by Crippen LogP contribution is -2.42. The summed E-state index contributed by atoms with van der Waals surface area (Å²) in [6, 6.07) is 3.92. The van der Waals surface area contributed by atoms with E-state index in [1.54, 1.807) is 6.07 Å². The molecule has 0 saturated heterocycles. The van der Waals surface area contributed by atoms with Crippen LogP contribution in [0.4, 0.5) is 8.78 Å². The third-order valence-corrected chi connectivity index (χ3v) is 4.75. The van der Waals surface area contributed by atoms with Gasteiger partial charge in [-0.25, -0.2) is 8.78 Å². The van der Waals surface area contributed by atoms with Crippen molar-refractivity contribution in [2.24, 2.45) is 0 Å². The number of hydrogen-bond donors (Lipinski definition) is 2. The van der Waals surface area contributed by atoms with Crippen LogP contribution in [0.15, 0.2) is 18.2 Å². The van der Waals surface area contributed by atoms with E-state index < -0.39 is 17.6 Å². The summed E-state index contributed by atoms with van der Waals surface area (Å²) in [5, 5.41) is 11.7. The third-order valence-electron chi connectivity index (χ3n) is 4.75. The van der Waals surface area contributed by atoms with Gasteiger partial charge in [0.15, 0.2) is 11.6 Å². The van der Waals surface area contributed by atoms with Gasteiger partial charge in [0, 0.05) is 13.0 Å². The summed E-state index contributed by atoms with van der Waals surface area (Å²) in [6.45, 7) is 0.498. The van der Waals surface area contributed by atoms with E-state index in [1.807, 2.05) is 19.0 Å². The quantitative estimate of drug-likeness (QED) is 0.425. The van der Waals surface area contributed by atoms with Gasteiger partial charge in [-0.15, -0.1) is 0 Å². The van der Waals surface area contributed by atoms with Crippen LogP contribution in [0.3, 0.4) is 0 Å². The molecule has 2 N–H and O–H groups in total. The molecule has 1 amide bonds. The van der Waals surface area contributed by atoms with E-state index in [-0.39, 0.29) is 18.4 Å². The van der Waals surface area contributed by atoms with Gasteiger partial charge in [0.05, 0.1) is 12.5 Å². The second-order valence-electron chi connectivity index (χ2n) is 7.81. The van der Waals surface area contributed by atoms with Crippen LogP contribution >= 0.6 is 0 Å². The Morgan fingerprint density at radius 2 is 1.66 bits per heavy atom. The Morgan fingerprint density at radius 3 is 2.28 bits per heavy atom. The molecule has 1 aromatic rings. The highest BCUT2D eigenvalue weighted by Gasteiger charge is 2.16. The molecule has 0 unspecified atom stereocenters. The smallest absolute Gasteiger partial charge is 0.305 e. The molecule has 5 nitrogen and oxygen atoms in total. The average molecular weight is 413 g/mol. The van der Waals surface area contributed by atoms with Crippen molar-refractivity contribution in [2.45, 2.75) is 70.3 Å². The number of carboxylic acids is 1. The van der Waals surface area contributed by atoms with E-state index >= 15 is 0 Å². The summed E-state index contributed by atoms with van der Waals surface area (Å²) in [5.74, 6) is -2.54. The molecule has 164 valence electrons. The molecule has 0 radical (unpaired) electrons. The number of carboxylic acid groups (broad SMARTS) is 1.